The molecule has 1 aliphatic rings. The van der Waals surface area contributed by atoms with Crippen LogP contribution in [0, 0.1) is 0 Å². The van der Waals surface area contributed by atoms with Gasteiger partial charge in [-0.05, 0) is 37.0 Å². The first-order valence-electron chi connectivity index (χ1n) is 8.19. The fraction of sp³-hybridized carbons (Fsp3) is 0.529. The maximum atomic E-state index is 12.1. The summed E-state index contributed by atoms with van der Waals surface area (Å²) in [5.41, 5.74) is 1.02. The van der Waals surface area contributed by atoms with Crippen LogP contribution in [0.5, 0.6) is 0 Å². The Labute approximate surface area is 137 Å². The number of amides is 2. The zero-order valence-corrected chi connectivity index (χ0v) is 13.6. The second kappa shape index (κ2) is 9.15. The van der Waals surface area contributed by atoms with Crippen LogP contribution in [0.15, 0.2) is 31.0 Å². The Balaban J connectivity index is 1.92. The van der Waals surface area contributed by atoms with Gasteiger partial charge in [-0.15, -0.1) is 6.58 Å². The molecule has 0 aliphatic carbocycles. The Bertz CT molecular complexity index is 515. The molecule has 6 nitrogen and oxygen atoms in total. The van der Waals surface area contributed by atoms with Crippen LogP contribution in [-0.4, -0.2) is 53.8 Å². The molecule has 1 aliphatic heterocycles. The van der Waals surface area contributed by atoms with E-state index in [2.05, 4.69) is 21.8 Å². The molecule has 23 heavy (non-hydrogen) atoms. The quantitative estimate of drug-likeness (QED) is 0.752. The summed E-state index contributed by atoms with van der Waals surface area (Å²) in [7, 11) is 0. The van der Waals surface area contributed by atoms with Crippen molar-refractivity contribution >= 4 is 11.8 Å². The fourth-order valence-corrected chi connectivity index (χ4v) is 2.71. The van der Waals surface area contributed by atoms with E-state index in [1.54, 1.807) is 12.3 Å². The van der Waals surface area contributed by atoms with Crippen molar-refractivity contribution in [3.05, 3.63) is 36.5 Å². The average molecular weight is 318 g/mol. The fourth-order valence-electron chi connectivity index (χ4n) is 2.71. The van der Waals surface area contributed by atoms with Gasteiger partial charge in [0.15, 0.2) is 0 Å². The number of nitrogens with one attached hydrogen (secondary N) is 1. The van der Waals surface area contributed by atoms with Crippen molar-refractivity contribution in [1.29, 1.82) is 0 Å². The predicted octanol–water partition coefficient (Wildman–Crippen LogP) is 1.76. The molecule has 1 aromatic heterocycles. The number of hydrogen-bond donors (Lipinski definition) is 2. The molecule has 0 unspecified atom stereocenters. The summed E-state index contributed by atoms with van der Waals surface area (Å²) in [6.07, 6.45) is 7.15. The minimum atomic E-state index is -0.199. The largest absolute Gasteiger partial charge is 0.395 e. The number of urea groups is 1. The Morgan fingerprint density at radius 2 is 2.22 bits per heavy atom. The van der Waals surface area contributed by atoms with Crippen molar-refractivity contribution < 1.29 is 9.90 Å². The first kappa shape index (κ1) is 17.3. The summed E-state index contributed by atoms with van der Waals surface area (Å²) in [5.74, 6) is 0.981. The first-order valence-corrected chi connectivity index (χ1v) is 8.19. The van der Waals surface area contributed by atoms with Crippen molar-refractivity contribution in [2.45, 2.75) is 25.8 Å². The topological polar surface area (TPSA) is 68.7 Å². The van der Waals surface area contributed by atoms with Crippen molar-refractivity contribution in [2.75, 3.05) is 37.7 Å². The summed E-state index contributed by atoms with van der Waals surface area (Å²) >= 11 is 0. The van der Waals surface area contributed by atoms with Gasteiger partial charge in [0.05, 0.1) is 6.61 Å². The Kier molecular flexibility index (Phi) is 6.87. The minimum Gasteiger partial charge on any atom is -0.395 e. The molecule has 0 radical (unpaired) electrons. The number of aliphatic hydroxyl groups is 1. The van der Waals surface area contributed by atoms with Gasteiger partial charge in [0.2, 0.25) is 0 Å². The zero-order chi connectivity index (χ0) is 16.5. The molecule has 1 aromatic rings. The van der Waals surface area contributed by atoms with Crippen molar-refractivity contribution in [2.24, 2.45) is 0 Å². The van der Waals surface area contributed by atoms with E-state index in [-0.39, 0.29) is 12.6 Å². The first-order chi connectivity index (χ1) is 11.2. The second-order valence-corrected chi connectivity index (χ2v) is 5.69. The number of anilines is 1. The number of carbonyl (C=O) groups is 1. The number of aromatic nitrogens is 1. The van der Waals surface area contributed by atoms with Crippen molar-refractivity contribution in [3.63, 3.8) is 0 Å². The number of carbonyl (C=O) groups excluding carboxylic acids is 1. The van der Waals surface area contributed by atoms with E-state index >= 15 is 0 Å². The summed E-state index contributed by atoms with van der Waals surface area (Å²) in [6.45, 7) is 6.83. The summed E-state index contributed by atoms with van der Waals surface area (Å²) in [6, 6.07) is 3.75. The highest BCUT2D eigenvalue weighted by molar-refractivity contribution is 5.74. The monoisotopic (exact) mass is 318 g/mol. The van der Waals surface area contributed by atoms with Crippen molar-refractivity contribution in [3.8, 4) is 0 Å². The number of aliphatic hydroxyl groups excluding tert-OH is 1. The SMILES string of the molecule is C=CCN(CCO)C(=O)NCc1ccnc(N2CCCCC2)c1. The third-order valence-electron chi connectivity index (χ3n) is 3.94. The Morgan fingerprint density at radius 1 is 1.43 bits per heavy atom. The van der Waals surface area contributed by atoms with E-state index in [4.69, 9.17) is 5.11 Å². The van der Waals surface area contributed by atoms with Crippen molar-refractivity contribution in [1.82, 2.24) is 15.2 Å². The lowest BCUT2D eigenvalue weighted by Crippen LogP contribution is -2.41. The minimum absolute atomic E-state index is 0.0599. The van der Waals surface area contributed by atoms with Gasteiger partial charge in [0.1, 0.15) is 5.82 Å². The van der Waals surface area contributed by atoms with Crippen LogP contribution in [0.2, 0.25) is 0 Å². The van der Waals surface area contributed by atoms with Gasteiger partial charge in [0, 0.05) is 38.9 Å². The van der Waals surface area contributed by atoms with E-state index in [9.17, 15) is 4.79 Å². The van der Waals surface area contributed by atoms with Crippen LogP contribution in [0.1, 0.15) is 24.8 Å². The number of nitrogens with zero attached hydrogens (tertiary/aromatic N) is 3. The van der Waals surface area contributed by atoms with Gasteiger partial charge in [-0.2, -0.15) is 0 Å². The molecule has 126 valence electrons. The molecule has 6 heteroatoms. The van der Waals surface area contributed by atoms with Crippen LogP contribution in [0.4, 0.5) is 10.6 Å². The third kappa shape index (κ3) is 5.25. The highest BCUT2D eigenvalue weighted by Crippen LogP contribution is 2.18. The van der Waals surface area contributed by atoms with Gasteiger partial charge in [-0.25, -0.2) is 9.78 Å². The van der Waals surface area contributed by atoms with Gasteiger partial charge >= 0.3 is 6.03 Å². The zero-order valence-electron chi connectivity index (χ0n) is 13.6. The number of hydrogen-bond acceptors (Lipinski definition) is 4. The normalized spacial score (nSPS) is 14.4. The van der Waals surface area contributed by atoms with Crippen LogP contribution >= 0.6 is 0 Å². The van der Waals surface area contributed by atoms with Crippen LogP contribution in [0.3, 0.4) is 0 Å². The average Bonchev–Trinajstić information content (AvgIpc) is 2.60. The molecule has 0 saturated carbocycles. The molecule has 2 amide bonds. The second-order valence-electron chi connectivity index (χ2n) is 5.69. The lowest BCUT2D eigenvalue weighted by Gasteiger charge is -2.28. The molecular weight excluding hydrogens is 292 g/mol. The Morgan fingerprint density at radius 3 is 2.91 bits per heavy atom. The molecule has 2 N–H and O–H groups in total. The number of pyridine rings is 1. The highest BCUT2D eigenvalue weighted by atomic mass is 16.3. The molecule has 0 spiro atoms. The van der Waals surface area contributed by atoms with Crippen LogP contribution in [-0.2, 0) is 6.54 Å². The molecule has 1 fully saturated rings. The molecule has 0 aromatic carbocycles. The van der Waals surface area contributed by atoms with E-state index in [0.29, 0.717) is 19.6 Å². The van der Waals surface area contributed by atoms with Gasteiger partial charge < -0.3 is 20.2 Å². The summed E-state index contributed by atoms with van der Waals surface area (Å²) in [4.78, 5) is 20.4. The molecule has 1 saturated heterocycles. The molecule has 0 atom stereocenters. The third-order valence-corrected chi connectivity index (χ3v) is 3.94. The lowest BCUT2D eigenvalue weighted by molar-refractivity contribution is 0.183. The molecule has 2 heterocycles. The smallest absolute Gasteiger partial charge is 0.318 e. The van der Waals surface area contributed by atoms with E-state index in [0.717, 1.165) is 24.5 Å². The number of rotatable bonds is 7. The maximum absolute atomic E-state index is 12.1. The molecule has 2 rings (SSSR count). The highest BCUT2D eigenvalue weighted by Gasteiger charge is 2.13. The summed E-state index contributed by atoms with van der Waals surface area (Å²) in [5, 5.41) is 11.9. The van der Waals surface area contributed by atoms with E-state index in [1.165, 1.54) is 24.2 Å². The standard InChI is InChI=1S/C17H26N4O2/c1-2-8-21(11-12-22)17(23)19-14-15-6-7-18-16(13-15)20-9-4-3-5-10-20/h2,6-7,13,22H,1,3-5,8-12,14H2,(H,19,23). The van der Waals surface area contributed by atoms with Crippen LogP contribution < -0.4 is 10.2 Å². The van der Waals surface area contributed by atoms with Crippen LogP contribution in [0.25, 0.3) is 0 Å². The van der Waals surface area contributed by atoms with Gasteiger partial charge in [-0.1, -0.05) is 6.08 Å². The molecular formula is C17H26N4O2. The Hall–Kier alpha value is -2.08. The van der Waals surface area contributed by atoms with Gasteiger partial charge in [0.25, 0.3) is 0 Å². The summed E-state index contributed by atoms with van der Waals surface area (Å²) < 4.78 is 0. The van der Waals surface area contributed by atoms with Gasteiger partial charge in [-0.3, -0.25) is 0 Å². The maximum Gasteiger partial charge on any atom is 0.318 e. The van der Waals surface area contributed by atoms with E-state index in [1.807, 2.05) is 12.1 Å². The van der Waals surface area contributed by atoms with E-state index < -0.39 is 0 Å². The predicted molar refractivity (Wildman–Crippen MR) is 91.4 cm³/mol. The number of piperidine rings is 1. The lowest BCUT2D eigenvalue weighted by atomic mass is 10.1. The molecule has 0 bridgehead atoms.